The van der Waals surface area contributed by atoms with Gasteiger partial charge in [0.05, 0.1) is 16.7 Å². The third-order valence-corrected chi connectivity index (χ3v) is 3.83. The molecule has 0 saturated carbocycles. The number of halogens is 1. The molecule has 0 aliphatic rings. The van der Waals surface area contributed by atoms with Crippen molar-refractivity contribution >= 4 is 15.9 Å². The number of rotatable bonds is 7. The lowest BCUT2D eigenvalue weighted by Gasteiger charge is -2.14. The Morgan fingerprint density at radius 2 is 1.86 bits per heavy atom. The Labute approximate surface area is 140 Å². The van der Waals surface area contributed by atoms with Crippen molar-refractivity contribution in [1.82, 2.24) is 5.32 Å². The lowest BCUT2D eigenvalue weighted by molar-refractivity contribution is 0.174. The Hall–Kier alpha value is -1.36. The van der Waals surface area contributed by atoms with Crippen molar-refractivity contribution in [3.05, 3.63) is 64.1 Å². The molecule has 3 nitrogen and oxygen atoms in total. The topological polar surface area (TPSA) is 41.5 Å². The summed E-state index contributed by atoms with van der Waals surface area (Å²) in [4.78, 5) is 0. The summed E-state index contributed by atoms with van der Waals surface area (Å²) in [6, 6.07) is 15.7. The summed E-state index contributed by atoms with van der Waals surface area (Å²) in [6.45, 7) is 5.23. The molecule has 0 amide bonds. The highest BCUT2D eigenvalue weighted by Crippen LogP contribution is 2.27. The van der Waals surface area contributed by atoms with E-state index in [4.69, 9.17) is 4.74 Å². The van der Waals surface area contributed by atoms with Gasteiger partial charge in [0.2, 0.25) is 0 Å². The van der Waals surface area contributed by atoms with Crippen LogP contribution in [0.25, 0.3) is 0 Å². The van der Waals surface area contributed by atoms with E-state index in [-0.39, 0.29) is 6.10 Å². The van der Waals surface area contributed by atoms with Gasteiger partial charge in [0, 0.05) is 13.1 Å². The Morgan fingerprint density at radius 1 is 1.14 bits per heavy atom. The van der Waals surface area contributed by atoms with E-state index in [1.807, 2.05) is 62.4 Å². The van der Waals surface area contributed by atoms with Gasteiger partial charge in [0.1, 0.15) is 5.75 Å². The van der Waals surface area contributed by atoms with Crippen molar-refractivity contribution in [3.8, 4) is 5.75 Å². The van der Waals surface area contributed by atoms with E-state index in [0.29, 0.717) is 13.1 Å². The van der Waals surface area contributed by atoms with Gasteiger partial charge in [-0.15, -0.1) is 0 Å². The van der Waals surface area contributed by atoms with Crippen LogP contribution in [0, 0.1) is 0 Å². The zero-order valence-electron chi connectivity index (χ0n) is 12.9. The normalized spacial score (nSPS) is 12.4. The molecule has 0 radical (unpaired) electrons. The Balaban J connectivity index is 1.85. The van der Waals surface area contributed by atoms with Crippen LogP contribution in [0.3, 0.4) is 0 Å². The highest BCUT2D eigenvalue weighted by molar-refractivity contribution is 9.10. The number of hydrogen-bond acceptors (Lipinski definition) is 3. The monoisotopic (exact) mass is 363 g/mol. The number of nitrogens with one attached hydrogen (secondary N) is 1. The Kier molecular flexibility index (Phi) is 6.43. The predicted molar refractivity (Wildman–Crippen MR) is 93.0 cm³/mol. The summed E-state index contributed by atoms with van der Waals surface area (Å²) < 4.78 is 6.64. The third-order valence-electron chi connectivity index (χ3n) is 3.21. The largest absolute Gasteiger partial charge is 0.490 e. The molecule has 2 rings (SSSR count). The van der Waals surface area contributed by atoms with E-state index >= 15 is 0 Å². The number of hydrogen-bond donors (Lipinski definition) is 2. The van der Waals surface area contributed by atoms with Crippen molar-refractivity contribution in [2.75, 3.05) is 6.54 Å². The second-order valence-electron chi connectivity index (χ2n) is 5.49. The van der Waals surface area contributed by atoms with Crippen molar-refractivity contribution in [2.45, 2.75) is 32.6 Å². The molecule has 0 bridgehead atoms. The van der Waals surface area contributed by atoms with Crippen molar-refractivity contribution in [2.24, 2.45) is 0 Å². The van der Waals surface area contributed by atoms with Crippen LogP contribution in [-0.4, -0.2) is 17.8 Å². The maximum Gasteiger partial charge on any atom is 0.133 e. The van der Waals surface area contributed by atoms with Gasteiger partial charge in [-0.25, -0.2) is 0 Å². The van der Waals surface area contributed by atoms with Crippen LogP contribution in [0.2, 0.25) is 0 Å². The number of aliphatic hydroxyl groups excluding tert-OH is 1. The van der Waals surface area contributed by atoms with Crippen LogP contribution < -0.4 is 10.1 Å². The van der Waals surface area contributed by atoms with Gasteiger partial charge in [0.25, 0.3) is 0 Å². The van der Waals surface area contributed by atoms with Gasteiger partial charge < -0.3 is 15.2 Å². The van der Waals surface area contributed by atoms with Crippen LogP contribution in [0.4, 0.5) is 0 Å². The average molecular weight is 364 g/mol. The van der Waals surface area contributed by atoms with E-state index in [0.717, 1.165) is 21.3 Å². The second-order valence-corrected chi connectivity index (χ2v) is 6.34. The molecule has 0 spiro atoms. The molecular weight excluding hydrogens is 342 g/mol. The molecule has 0 aliphatic carbocycles. The van der Waals surface area contributed by atoms with Gasteiger partial charge in [-0.1, -0.05) is 36.4 Å². The minimum Gasteiger partial charge on any atom is -0.490 e. The maximum absolute atomic E-state index is 10.1. The quantitative estimate of drug-likeness (QED) is 0.779. The molecule has 2 aromatic carbocycles. The predicted octanol–water partition coefficient (Wildman–Crippen LogP) is 4.06. The van der Waals surface area contributed by atoms with Gasteiger partial charge in [-0.2, -0.15) is 0 Å². The van der Waals surface area contributed by atoms with E-state index in [2.05, 4.69) is 21.2 Å². The summed E-state index contributed by atoms with van der Waals surface area (Å²) in [6.07, 6.45) is -0.338. The first kappa shape index (κ1) is 17.0. The molecular formula is C18H22BrNO2. The van der Waals surface area contributed by atoms with E-state index in [1.54, 1.807) is 0 Å². The highest BCUT2D eigenvalue weighted by atomic mass is 79.9. The molecule has 1 unspecified atom stereocenters. The smallest absolute Gasteiger partial charge is 0.133 e. The van der Waals surface area contributed by atoms with Gasteiger partial charge >= 0.3 is 0 Å². The first-order chi connectivity index (χ1) is 10.6. The van der Waals surface area contributed by atoms with Crippen LogP contribution in [-0.2, 0) is 6.54 Å². The van der Waals surface area contributed by atoms with E-state index in [1.165, 1.54) is 0 Å². The SMILES string of the molecule is CC(C)Oc1ccc(CNCC(O)c2ccccc2)cc1Br. The van der Waals surface area contributed by atoms with Crippen molar-refractivity contribution < 1.29 is 9.84 Å². The lowest BCUT2D eigenvalue weighted by Crippen LogP contribution is -2.21. The average Bonchev–Trinajstić information content (AvgIpc) is 2.50. The lowest BCUT2D eigenvalue weighted by atomic mass is 10.1. The fourth-order valence-corrected chi connectivity index (χ4v) is 2.67. The molecule has 118 valence electrons. The maximum atomic E-state index is 10.1. The molecule has 0 heterocycles. The van der Waals surface area contributed by atoms with E-state index < -0.39 is 6.10 Å². The van der Waals surface area contributed by atoms with Crippen molar-refractivity contribution in [3.63, 3.8) is 0 Å². The third kappa shape index (κ3) is 5.13. The number of benzene rings is 2. The molecule has 1 atom stereocenters. The van der Waals surface area contributed by atoms with Crippen LogP contribution in [0.15, 0.2) is 53.0 Å². The molecule has 22 heavy (non-hydrogen) atoms. The Morgan fingerprint density at radius 3 is 2.50 bits per heavy atom. The molecule has 2 N–H and O–H groups in total. The van der Waals surface area contributed by atoms with Crippen molar-refractivity contribution in [1.29, 1.82) is 0 Å². The summed E-state index contributed by atoms with van der Waals surface area (Å²) in [7, 11) is 0. The minimum absolute atomic E-state index is 0.154. The fourth-order valence-electron chi connectivity index (χ4n) is 2.15. The second kappa shape index (κ2) is 8.32. The van der Waals surface area contributed by atoms with Gasteiger partial charge in [-0.3, -0.25) is 0 Å². The van der Waals surface area contributed by atoms with Crippen LogP contribution >= 0.6 is 15.9 Å². The fraction of sp³-hybridized carbons (Fsp3) is 0.333. The molecule has 4 heteroatoms. The Bertz CT molecular complexity index is 587. The van der Waals surface area contributed by atoms with Gasteiger partial charge in [0.15, 0.2) is 0 Å². The highest BCUT2D eigenvalue weighted by Gasteiger charge is 2.07. The zero-order valence-corrected chi connectivity index (χ0v) is 14.5. The van der Waals surface area contributed by atoms with Gasteiger partial charge in [-0.05, 0) is 53.0 Å². The molecule has 0 fully saturated rings. The molecule has 0 aromatic heterocycles. The first-order valence-corrected chi connectivity index (χ1v) is 8.24. The number of ether oxygens (including phenoxy) is 1. The standard InChI is InChI=1S/C18H22BrNO2/c1-13(2)22-18-9-8-14(10-16(18)19)11-20-12-17(21)15-6-4-3-5-7-15/h3-10,13,17,20-21H,11-12H2,1-2H3. The first-order valence-electron chi connectivity index (χ1n) is 7.45. The van der Waals surface area contributed by atoms with E-state index in [9.17, 15) is 5.11 Å². The molecule has 0 saturated heterocycles. The zero-order chi connectivity index (χ0) is 15.9. The summed E-state index contributed by atoms with van der Waals surface area (Å²) in [5.41, 5.74) is 2.07. The summed E-state index contributed by atoms with van der Waals surface area (Å²) in [5, 5.41) is 13.4. The minimum atomic E-state index is -0.492. The summed E-state index contributed by atoms with van der Waals surface area (Å²) >= 11 is 3.53. The molecule has 2 aromatic rings. The van der Waals surface area contributed by atoms with Crippen LogP contribution in [0.1, 0.15) is 31.1 Å². The summed E-state index contributed by atoms with van der Waals surface area (Å²) in [5.74, 6) is 0.850. The number of aliphatic hydroxyl groups is 1. The van der Waals surface area contributed by atoms with Crippen LogP contribution in [0.5, 0.6) is 5.75 Å². The molecule has 0 aliphatic heterocycles.